The quantitative estimate of drug-likeness (QED) is 0.881. The number of aromatic carboxylic acids is 1. The first-order valence-electron chi connectivity index (χ1n) is 7.08. The van der Waals surface area contributed by atoms with Crippen molar-refractivity contribution in [3.05, 3.63) is 30.0 Å². The average molecular weight is 334 g/mol. The van der Waals surface area contributed by atoms with Crippen molar-refractivity contribution in [2.45, 2.75) is 26.4 Å². The van der Waals surface area contributed by atoms with E-state index in [2.05, 4.69) is 10.5 Å². The summed E-state index contributed by atoms with van der Waals surface area (Å²) >= 11 is 0. The summed E-state index contributed by atoms with van der Waals surface area (Å²) in [7, 11) is 1.49. The molecule has 0 unspecified atom stereocenters. The summed E-state index contributed by atoms with van der Waals surface area (Å²) in [5.74, 6) is -1.03. The summed E-state index contributed by atoms with van der Waals surface area (Å²) in [5, 5.41) is 15.3. The van der Waals surface area contributed by atoms with Crippen molar-refractivity contribution in [2.24, 2.45) is 0 Å². The Morgan fingerprint density at radius 1 is 1.25 bits per heavy atom. The molecule has 1 amide bonds. The van der Waals surface area contributed by atoms with Gasteiger partial charge in [-0.15, -0.1) is 0 Å². The zero-order valence-electron chi connectivity index (χ0n) is 13.7. The van der Waals surface area contributed by atoms with Gasteiger partial charge in [-0.25, -0.2) is 9.59 Å². The van der Waals surface area contributed by atoms with Crippen molar-refractivity contribution in [1.82, 2.24) is 5.16 Å². The van der Waals surface area contributed by atoms with Crippen LogP contribution in [0.15, 0.2) is 28.8 Å². The van der Waals surface area contributed by atoms with Gasteiger partial charge in [-0.3, -0.25) is 5.32 Å². The van der Waals surface area contributed by atoms with E-state index in [0.717, 1.165) is 0 Å². The van der Waals surface area contributed by atoms with Gasteiger partial charge in [-0.05, 0) is 39.0 Å². The Kier molecular flexibility index (Phi) is 4.77. The standard InChI is InChI=1S/C16H18N2O6/c1-16(2,3)23-15(21)17-11-6-5-9(22-4)7-10(11)12-8-13(14(19)20)24-18-12/h5-8H,1-4H3,(H,17,21)(H,19,20). The monoisotopic (exact) mass is 334 g/mol. The predicted molar refractivity (Wildman–Crippen MR) is 85.3 cm³/mol. The summed E-state index contributed by atoms with van der Waals surface area (Å²) in [6.45, 7) is 5.24. The van der Waals surface area contributed by atoms with E-state index in [4.69, 9.17) is 19.1 Å². The fraction of sp³-hybridized carbons (Fsp3) is 0.312. The fourth-order valence-electron chi connectivity index (χ4n) is 1.89. The van der Waals surface area contributed by atoms with Crippen molar-refractivity contribution >= 4 is 17.7 Å². The van der Waals surface area contributed by atoms with Crippen LogP contribution in [0.4, 0.5) is 10.5 Å². The first kappa shape index (κ1) is 17.3. The molecule has 0 aliphatic rings. The third-order valence-electron chi connectivity index (χ3n) is 2.86. The Hall–Kier alpha value is -3.03. The van der Waals surface area contributed by atoms with Gasteiger partial charge in [0.15, 0.2) is 0 Å². The molecule has 0 saturated heterocycles. The van der Waals surface area contributed by atoms with E-state index in [1.54, 1.807) is 39.0 Å². The van der Waals surface area contributed by atoms with Crippen LogP contribution in [0.25, 0.3) is 11.3 Å². The molecule has 1 aromatic heterocycles. The van der Waals surface area contributed by atoms with E-state index in [1.807, 2.05) is 0 Å². The Morgan fingerprint density at radius 3 is 2.50 bits per heavy atom. The van der Waals surface area contributed by atoms with Crippen LogP contribution in [0.3, 0.4) is 0 Å². The van der Waals surface area contributed by atoms with Gasteiger partial charge < -0.3 is 19.1 Å². The normalized spacial score (nSPS) is 11.0. The summed E-state index contributed by atoms with van der Waals surface area (Å²) in [6, 6.07) is 6.12. The average Bonchev–Trinajstić information content (AvgIpc) is 2.95. The zero-order valence-corrected chi connectivity index (χ0v) is 13.7. The Labute approximate surface area is 138 Å². The van der Waals surface area contributed by atoms with Gasteiger partial charge in [-0.1, -0.05) is 5.16 Å². The number of nitrogens with zero attached hydrogens (tertiary/aromatic N) is 1. The lowest BCUT2D eigenvalue weighted by atomic mass is 10.1. The van der Waals surface area contributed by atoms with E-state index in [0.29, 0.717) is 17.0 Å². The predicted octanol–water partition coefficient (Wildman–Crippen LogP) is 3.40. The van der Waals surface area contributed by atoms with Crippen LogP contribution in [0.5, 0.6) is 5.75 Å². The maximum absolute atomic E-state index is 12.0. The van der Waals surface area contributed by atoms with E-state index in [9.17, 15) is 9.59 Å². The van der Waals surface area contributed by atoms with Gasteiger partial charge >= 0.3 is 12.1 Å². The lowest BCUT2D eigenvalue weighted by molar-refractivity contribution is 0.0631. The smallest absolute Gasteiger partial charge is 0.412 e. The third-order valence-corrected chi connectivity index (χ3v) is 2.86. The molecule has 24 heavy (non-hydrogen) atoms. The largest absolute Gasteiger partial charge is 0.497 e. The van der Waals surface area contributed by atoms with Crippen LogP contribution in [0.1, 0.15) is 31.3 Å². The third kappa shape index (κ3) is 4.25. The highest BCUT2D eigenvalue weighted by Crippen LogP contribution is 2.32. The molecule has 0 atom stereocenters. The number of rotatable bonds is 4. The molecule has 1 aromatic carbocycles. The first-order valence-corrected chi connectivity index (χ1v) is 7.08. The number of carbonyl (C=O) groups is 2. The molecule has 2 rings (SSSR count). The number of carboxylic acids is 1. The van der Waals surface area contributed by atoms with Crippen molar-refractivity contribution in [2.75, 3.05) is 12.4 Å². The lowest BCUT2D eigenvalue weighted by Gasteiger charge is -2.20. The molecular weight excluding hydrogens is 316 g/mol. The maximum Gasteiger partial charge on any atom is 0.412 e. The highest BCUT2D eigenvalue weighted by molar-refractivity contribution is 5.92. The molecule has 8 heteroatoms. The molecular formula is C16H18N2O6. The molecule has 0 radical (unpaired) electrons. The highest BCUT2D eigenvalue weighted by Gasteiger charge is 2.20. The number of benzene rings is 1. The molecule has 0 fully saturated rings. The first-order chi connectivity index (χ1) is 11.2. The Bertz CT molecular complexity index is 760. The maximum atomic E-state index is 12.0. The molecule has 0 bridgehead atoms. The second kappa shape index (κ2) is 6.61. The molecule has 0 spiro atoms. The van der Waals surface area contributed by atoms with Gasteiger partial charge in [0.1, 0.15) is 17.0 Å². The number of nitrogens with one attached hydrogen (secondary N) is 1. The molecule has 128 valence electrons. The minimum absolute atomic E-state index is 0.248. The molecule has 2 aromatic rings. The number of ether oxygens (including phenoxy) is 2. The van der Waals surface area contributed by atoms with Crippen LogP contribution >= 0.6 is 0 Å². The second-order valence-corrected chi connectivity index (χ2v) is 5.92. The van der Waals surface area contributed by atoms with Crippen molar-refractivity contribution in [3.8, 4) is 17.0 Å². The number of hydrogen-bond donors (Lipinski definition) is 2. The minimum Gasteiger partial charge on any atom is -0.497 e. The zero-order chi connectivity index (χ0) is 17.9. The molecule has 8 nitrogen and oxygen atoms in total. The number of carboxylic acid groups (broad SMARTS) is 1. The molecule has 2 N–H and O–H groups in total. The van der Waals surface area contributed by atoms with E-state index in [1.165, 1.54) is 13.2 Å². The number of hydrogen-bond acceptors (Lipinski definition) is 6. The summed E-state index contributed by atoms with van der Waals surface area (Å²) < 4.78 is 15.1. The van der Waals surface area contributed by atoms with Gasteiger partial charge in [0.05, 0.1) is 12.8 Å². The lowest BCUT2D eigenvalue weighted by Crippen LogP contribution is -2.27. The topological polar surface area (TPSA) is 111 Å². The van der Waals surface area contributed by atoms with E-state index >= 15 is 0 Å². The molecule has 0 saturated carbocycles. The summed E-state index contributed by atoms with van der Waals surface area (Å²) in [4.78, 5) is 22.9. The van der Waals surface area contributed by atoms with Crippen molar-refractivity contribution < 1.29 is 28.7 Å². The van der Waals surface area contributed by atoms with Gasteiger partial charge in [0, 0.05) is 11.6 Å². The Morgan fingerprint density at radius 2 is 1.96 bits per heavy atom. The number of anilines is 1. The minimum atomic E-state index is -1.24. The van der Waals surface area contributed by atoms with Crippen LogP contribution < -0.4 is 10.1 Å². The second-order valence-electron chi connectivity index (χ2n) is 5.92. The summed E-state index contributed by atoms with van der Waals surface area (Å²) in [5.41, 5.74) is 0.422. The SMILES string of the molecule is COc1ccc(NC(=O)OC(C)(C)C)c(-c2cc(C(=O)O)on2)c1. The van der Waals surface area contributed by atoms with Crippen LogP contribution in [-0.4, -0.2) is 35.0 Å². The fourth-order valence-corrected chi connectivity index (χ4v) is 1.89. The van der Waals surface area contributed by atoms with Gasteiger partial charge in [0.25, 0.3) is 0 Å². The van der Waals surface area contributed by atoms with Gasteiger partial charge in [-0.2, -0.15) is 0 Å². The number of methoxy groups -OCH3 is 1. The van der Waals surface area contributed by atoms with Crippen molar-refractivity contribution in [3.63, 3.8) is 0 Å². The molecule has 0 aliphatic carbocycles. The van der Waals surface area contributed by atoms with Crippen molar-refractivity contribution in [1.29, 1.82) is 0 Å². The highest BCUT2D eigenvalue weighted by atomic mass is 16.6. The molecule has 1 heterocycles. The van der Waals surface area contributed by atoms with Gasteiger partial charge in [0.2, 0.25) is 5.76 Å². The number of carbonyl (C=O) groups excluding carboxylic acids is 1. The van der Waals surface area contributed by atoms with E-state index in [-0.39, 0.29) is 11.5 Å². The number of amides is 1. The van der Waals surface area contributed by atoms with Crippen LogP contribution in [0, 0.1) is 0 Å². The Balaban J connectivity index is 2.37. The van der Waals surface area contributed by atoms with E-state index < -0.39 is 17.7 Å². The molecule has 0 aliphatic heterocycles. The van der Waals surface area contributed by atoms with Crippen LogP contribution in [0.2, 0.25) is 0 Å². The summed E-state index contributed by atoms with van der Waals surface area (Å²) in [6.07, 6.45) is -0.643. The number of aromatic nitrogens is 1. The van der Waals surface area contributed by atoms with Crippen LogP contribution in [-0.2, 0) is 4.74 Å².